The van der Waals surface area contributed by atoms with E-state index in [2.05, 4.69) is 35.9 Å². The van der Waals surface area contributed by atoms with Crippen molar-refractivity contribution in [1.82, 2.24) is 15.1 Å². The Morgan fingerprint density at radius 2 is 1.81 bits per heavy atom. The lowest BCUT2D eigenvalue weighted by Crippen LogP contribution is -2.58. The Labute approximate surface area is 167 Å². The summed E-state index contributed by atoms with van der Waals surface area (Å²) in [4.78, 5) is 19.2. The Balaban J connectivity index is 1.49. The summed E-state index contributed by atoms with van der Waals surface area (Å²) in [5.74, 6) is 0. The van der Waals surface area contributed by atoms with Gasteiger partial charge in [0.15, 0.2) is 0 Å². The van der Waals surface area contributed by atoms with Crippen LogP contribution in [0.5, 0.6) is 0 Å². The molecule has 0 bridgehead atoms. The first-order chi connectivity index (χ1) is 12.9. The molecule has 150 valence electrons. The van der Waals surface area contributed by atoms with Gasteiger partial charge in [0, 0.05) is 62.1 Å². The first kappa shape index (κ1) is 20.2. The SMILES string of the molecule is Cc1ccc(Cl)cc1N1CCN(C(=O)NCC(C)(C)N2CCOCC2)CC1. The van der Waals surface area contributed by atoms with E-state index < -0.39 is 0 Å². The Kier molecular flexibility index (Phi) is 6.50. The molecule has 0 saturated carbocycles. The number of nitrogens with zero attached hydrogens (tertiary/aromatic N) is 3. The average Bonchev–Trinajstić information content (AvgIpc) is 2.69. The van der Waals surface area contributed by atoms with E-state index in [9.17, 15) is 4.79 Å². The highest BCUT2D eigenvalue weighted by Gasteiger charge is 2.30. The van der Waals surface area contributed by atoms with Crippen molar-refractivity contribution in [2.75, 3.05) is 63.9 Å². The van der Waals surface area contributed by atoms with Crippen LogP contribution in [0.1, 0.15) is 19.4 Å². The molecule has 2 aliphatic rings. The Hall–Kier alpha value is -1.50. The van der Waals surface area contributed by atoms with Crippen molar-refractivity contribution in [1.29, 1.82) is 0 Å². The predicted octanol–water partition coefficient (Wildman–Crippen LogP) is 2.59. The first-order valence-electron chi connectivity index (χ1n) is 9.73. The van der Waals surface area contributed by atoms with Crippen LogP contribution in [0, 0.1) is 6.92 Å². The van der Waals surface area contributed by atoms with Crippen molar-refractivity contribution in [3.8, 4) is 0 Å². The van der Waals surface area contributed by atoms with Crippen molar-refractivity contribution in [2.45, 2.75) is 26.3 Å². The second-order valence-corrected chi connectivity index (χ2v) is 8.41. The summed E-state index contributed by atoms with van der Waals surface area (Å²) >= 11 is 6.15. The van der Waals surface area contributed by atoms with Gasteiger partial charge in [0.05, 0.1) is 13.2 Å². The number of hydrogen-bond donors (Lipinski definition) is 1. The first-order valence-corrected chi connectivity index (χ1v) is 10.1. The average molecular weight is 395 g/mol. The zero-order chi connectivity index (χ0) is 19.4. The fourth-order valence-corrected chi connectivity index (χ4v) is 3.92. The minimum absolute atomic E-state index is 0.0267. The summed E-state index contributed by atoms with van der Waals surface area (Å²) in [7, 11) is 0. The van der Waals surface area contributed by atoms with E-state index in [0.29, 0.717) is 6.54 Å². The van der Waals surface area contributed by atoms with Gasteiger partial charge in [-0.25, -0.2) is 4.79 Å². The molecule has 1 aromatic carbocycles. The van der Waals surface area contributed by atoms with Gasteiger partial charge in [-0.05, 0) is 38.5 Å². The van der Waals surface area contributed by atoms with Gasteiger partial charge in [-0.2, -0.15) is 0 Å². The van der Waals surface area contributed by atoms with E-state index in [1.54, 1.807) is 0 Å². The third kappa shape index (κ3) is 5.06. The van der Waals surface area contributed by atoms with Crippen molar-refractivity contribution in [3.63, 3.8) is 0 Å². The molecular weight excluding hydrogens is 364 g/mol. The maximum atomic E-state index is 12.6. The zero-order valence-corrected chi connectivity index (χ0v) is 17.4. The Morgan fingerprint density at radius 1 is 1.15 bits per heavy atom. The topological polar surface area (TPSA) is 48.0 Å². The summed E-state index contributed by atoms with van der Waals surface area (Å²) in [6.07, 6.45) is 0. The van der Waals surface area contributed by atoms with E-state index >= 15 is 0 Å². The highest BCUT2D eigenvalue weighted by molar-refractivity contribution is 6.30. The lowest BCUT2D eigenvalue weighted by molar-refractivity contribution is -0.00905. The van der Waals surface area contributed by atoms with Crippen molar-refractivity contribution in [3.05, 3.63) is 28.8 Å². The van der Waals surface area contributed by atoms with E-state index in [1.165, 1.54) is 5.56 Å². The molecule has 0 atom stereocenters. The number of aryl methyl sites for hydroxylation is 1. The van der Waals surface area contributed by atoms with Crippen LogP contribution in [0.25, 0.3) is 0 Å². The number of hydrogen-bond acceptors (Lipinski definition) is 4. The molecule has 2 heterocycles. The summed E-state index contributed by atoms with van der Waals surface area (Å²) in [5.41, 5.74) is 2.31. The molecule has 0 spiro atoms. The van der Waals surface area contributed by atoms with Gasteiger partial charge in [-0.15, -0.1) is 0 Å². The standard InChI is InChI=1S/C20H31ClN4O2/c1-16-4-5-17(21)14-18(16)23-6-8-24(9-7-23)19(26)22-15-20(2,3)25-10-12-27-13-11-25/h4-5,14H,6-13,15H2,1-3H3,(H,22,26). The van der Waals surface area contributed by atoms with Gasteiger partial charge in [0.25, 0.3) is 0 Å². The maximum Gasteiger partial charge on any atom is 0.317 e. The molecule has 0 aromatic heterocycles. The van der Waals surface area contributed by atoms with Crippen molar-refractivity contribution < 1.29 is 9.53 Å². The molecule has 3 rings (SSSR count). The summed E-state index contributed by atoms with van der Waals surface area (Å²) in [5, 5.41) is 3.88. The number of halogens is 1. The van der Waals surface area contributed by atoms with E-state index in [-0.39, 0.29) is 11.6 Å². The molecule has 7 heteroatoms. The second-order valence-electron chi connectivity index (χ2n) is 7.98. The molecule has 27 heavy (non-hydrogen) atoms. The van der Waals surface area contributed by atoms with Crippen LogP contribution in [0.3, 0.4) is 0 Å². The fourth-order valence-electron chi connectivity index (χ4n) is 3.76. The number of amides is 2. The highest BCUT2D eigenvalue weighted by Crippen LogP contribution is 2.25. The van der Waals surface area contributed by atoms with Crippen LogP contribution < -0.4 is 10.2 Å². The Morgan fingerprint density at radius 3 is 2.48 bits per heavy atom. The lowest BCUT2D eigenvalue weighted by atomic mass is 10.0. The molecule has 6 nitrogen and oxygen atoms in total. The van der Waals surface area contributed by atoms with Crippen molar-refractivity contribution in [2.24, 2.45) is 0 Å². The van der Waals surface area contributed by atoms with Gasteiger partial charge in [-0.1, -0.05) is 17.7 Å². The van der Waals surface area contributed by atoms with E-state index in [0.717, 1.165) is 63.2 Å². The van der Waals surface area contributed by atoms with Crippen molar-refractivity contribution >= 4 is 23.3 Å². The smallest absolute Gasteiger partial charge is 0.317 e. The number of rotatable bonds is 4. The number of morpholine rings is 1. The fraction of sp³-hybridized carbons (Fsp3) is 0.650. The van der Waals surface area contributed by atoms with E-state index in [1.807, 2.05) is 23.1 Å². The third-order valence-electron chi connectivity index (χ3n) is 5.62. The summed E-state index contributed by atoms with van der Waals surface area (Å²) in [6.45, 7) is 13.5. The zero-order valence-electron chi connectivity index (χ0n) is 16.6. The van der Waals surface area contributed by atoms with Gasteiger partial charge in [-0.3, -0.25) is 4.90 Å². The number of ether oxygens (including phenoxy) is 1. The van der Waals surface area contributed by atoms with Crippen LogP contribution in [0.2, 0.25) is 5.02 Å². The third-order valence-corrected chi connectivity index (χ3v) is 5.85. The van der Waals surface area contributed by atoms with Gasteiger partial charge in [0.2, 0.25) is 0 Å². The minimum Gasteiger partial charge on any atom is -0.379 e. The normalized spacial score (nSPS) is 19.3. The van der Waals surface area contributed by atoms with Crippen LogP contribution in [-0.4, -0.2) is 80.4 Å². The van der Waals surface area contributed by atoms with E-state index in [4.69, 9.17) is 16.3 Å². The number of carbonyl (C=O) groups is 1. The molecule has 2 aliphatic heterocycles. The molecular formula is C20H31ClN4O2. The quantitative estimate of drug-likeness (QED) is 0.852. The molecule has 0 aliphatic carbocycles. The number of anilines is 1. The molecule has 2 amide bonds. The molecule has 1 aromatic rings. The molecule has 2 fully saturated rings. The van der Waals surface area contributed by atoms with Crippen LogP contribution >= 0.6 is 11.6 Å². The number of benzene rings is 1. The predicted molar refractivity (Wildman–Crippen MR) is 110 cm³/mol. The van der Waals surface area contributed by atoms with Gasteiger partial charge in [0.1, 0.15) is 0 Å². The minimum atomic E-state index is -0.0703. The van der Waals surface area contributed by atoms with Gasteiger partial charge < -0.3 is 19.9 Å². The summed E-state index contributed by atoms with van der Waals surface area (Å²) < 4.78 is 5.43. The highest BCUT2D eigenvalue weighted by atomic mass is 35.5. The molecule has 2 saturated heterocycles. The molecule has 1 N–H and O–H groups in total. The van der Waals surface area contributed by atoms with Crippen LogP contribution in [0.4, 0.5) is 10.5 Å². The largest absolute Gasteiger partial charge is 0.379 e. The van der Waals surface area contributed by atoms with Gasteiger partial charge >= 0.3 is 6.03 Å². The molecule has 0 radical (unpaired) electrons. The van der Waals surface area contributed by atoms with Crippen LogP contribution in [-0.2, 0) is 4.74 Å². The number of urea groups is 1. The number of piperazine rings is 1. The summed E-state index contributed by atoms with van der Waals surface area (Å²) in [6, 6.07) is 6.00. The number of carbonyl (C=O) groups excluding carboxylic acids is 1. The lowest BCUT2D eigenvalue weighted by Gasteiger charge is -2.42. The Bertz CT molecular complexity index is 653. The maximum absolute atomic E-state index is 12.6. The second kappa shape index (κ2) is 8.67. The van der Waals surface area contributed by atoms with Crippen LogP contribution in [0.15, 0.2) is 18.2 Å². The monoisotopic (exact) mass is 394 g/mol. The molecule has 0 unspecified atom stereocenters. The number of nitrogens with one attached hydrogen (secondary N) is 1.